The molecule has 11 heavy (non-hydrogen) atoms. The highest BCUT2D eigenvalue weighted by Crippen LogP contribution is 2.27. The highest BCUT2D eigenvalue weighted by atomic mass is 79.9. The van der Waals surface area contributed by atoms with E-state index < -0.39 is 5.24 Å². The smallest absolute Gasteiger partial charge is 0.253 e. The molecule has 4 heteroatoms. The van der Waals surface area contributed by atoms with E-state index in [9.17, 15) is 4.79 Å². The monoisotopic (exact) mass is 234 g/mol. The first-order valence-electron chi connectivity index (χ1n) is 2.80. The molecule has 1 aromatic carbocycles. The second kappa shape index (κ2) is 3.24. The van der Waals surface area contributed by atoms with Gasteiger partial charge in [-0.1, -0.05) is 6.07 Å². The summed E-state index contributed by atoms with van der Waals surface area (Å²) in [5, 5.41) is 8.50. The molecule has 0 amide bonds. The molecular formula is C7H4BrClO2. The first-order valence-corrected chi connectivity index (χ1v) is 3.97. The molecule has 0 atom stereocenters. The fourth-order valence-electron chi connectivity index (χ4n) is 0.672. The molecule has 0 saturated heterocycles. The Kier molecular flexibility index (Phi) is 2.52. The number of hydrogen-bond donors (Lipinski definition) is 1. The Morgan fingerprint density at radius 2 is 2.18 bits per heavy atom. The zero-order valence-electron chi connectivity index (χ0n) is 5.34. The molecule has 0 heterocycles. The van der Waals surface area contributed by atoms with Crippen LogP contribution in [0.5, 0.6) is 5.75 Å². The van der Waals surface area contributed by atoms with Gasteiger partial charge in [0, 0.05) is 0 Å². The summed E-state index contributed by atoms with van der Waals surface area (Å²) in [6, 6.07) is 4.54. The van der Waals surface area contributed by atoms with Gasteiger partial charge >= 0.3 is 0 Å². The van der Waals surface area contributed by atoms with Gasteiger partial charge in [0.2, 0.25) is 0 Å². The lowest BCUT2D eigenvalue weighted by Crippen LogP contribution is -1.89. The Bertz CT molecular complexity index is 298. The topological polar surface area (TPSA) is 37.3 Å². The number of benzene rings is 1. The number of rotatable bonds is 1. The van der Waals surface area contributed by atoms with E-state index in [0.717, 1.165) is 0 Å². The molecule has 0 bridgehead atoms. The number of aromatic hydroxyl groups is 1. The summed E-state index contributed by atoms with van der Waals surface area (Å²) >= 11 is 8.23. The average Bonchev–Trinajstić information content (AvgIpc) is 1.94. The van der Waals surface area contributed by atoms with Gasteiger partial charge in [0.1, 0.15) is 5.75 Å². The number of carbonyl (C=O) groups is 1. The molecule has 1 aromatic rings. The third-order valence-electron chi connectivity index (χ3n) is 1.19. The highest BCUT2D eigenvalue weighted by molar-refractivity contribution is 9.10. The number of carbonyl (C=O) groups excluding carboxylic acids is 1. The molecule has 1 rings (SSSR count). The van der Waals surface area contributed by atoms with Gasteiger partial charge in [-0.05, 0) is 39.7 Å². The van der Waals surface area contributed by atoms with Crippen LogP contribution in [-0.4, -0.2) is 10.3 Å². The maximum absolute atomic E-state index is 10.6. The van der Waals surface area contributed by atoms with Crippen LogP contribution in [0.3, 0.4) is 0 Å². The van der Waals surface area contributed by atoms with Crippen molar-refractivity contribution in [3.63, 3.8) is 0 Å². The molecule has 0 spiro atoms. The fourth-order valence-corrected chi connectivity index (χ4v) is 1.39. The van der Waals surface area contributed by atoms with E-state index in [1.54, 1.807) is 6.07 Å². The second-order valence-corrected chi connectivity index (χ2v) is 3.05. The summed E-state index contributed by atoms with van der Waals surface area (Å²) in [5.74, 6) is 0.0106. The van der Waals surface area contributed by atoms with Gasteiger partial charge in [-0.3, -0.25) is 4.79 Å². The van der Waals surface area contributed by atoms with E-state index in [-0.39, 0.29) is 11.3 Å². The van der Waals surface area contributed by atoms with Crippen LogP contribution in [0.2, 0.25) is 0 Å². The number of hydrogen-bond acceptors (Lipinski definition) is 2. The summed E-state index contributed by atoms with van der Waals surface area (Å²) in [6.45, 7) is 0. The lowest BCUT2D eigenvalue weighted by atomic mass is 10.2. The summed E-state index contributed by atoms with van der Waals surface area (Å²) in [7, 11) is 0. The standard InChI is InChI=1S/C7H4BrClO2/c8-6-4(7(9)11)2-1-3-5(6)10/h1-3,10H. The second-order valence-electron chi connectivity index (χ2n) is 1.91. The minimum Gasteiger partial charge on any atom is -0.507 e. The largest absolute Gasteiger partial charge is 0.507 e. The van der Waals surface area contributed by atoms with Crippen LogP contribution >= 0.6 is 27.5 Å². The lowest BCUT2D eigenvalue weighted by Gasteiger charge is -1.99. The van der Waals surface area contributed by atoms with Crippen molar-refractivity contribution in [2.24, 2.45) is 0 Å². The Morgan fingerprint density at radius 3 is 2.64 bits per heavy atom. The minimum atomic E-state index is -0.590. The third kappa shape index (κ3) is 1.73. The first-order chi connectivity index (χ1) is 5.13. The van der Waals surface area contributed by atoms with E-state index in [1.165, 1.54) is 12.1 Å². The number of phenolic OH excluding ortho intramolecular Hbond substituents is 1. The molecule has 0 aliphatic rings. The molecule has 0 unspecified atom stereocenters. The van der Waals surface area contributed by atoms with Gasteiger partial charge < -0.3 is 5.11 Å². The fraction of sp³-hybridized carbons (Fsp3) is 0. The molecule has 0 saturated carbocycles. The first kappa shape index (κ1) is 8.56. The van der Waals surface area contributed by atoms with E-state index in [1.807, 2.05) is 0 Å². The molecule has 0 aromatic heterocycles. The Labute approximate surface area is 76.9 Å². The van der Waals surface area contributed by atoms with Crippen LogP contribution in [0.25, 0.3) is 0 Å². The molecule has 0 radical (unpaired) electrons. The zero-order chi connectivity index (χ0) is 8.43. The predicted octanol–water partition coefficient (Wildman–Crippen LogP) is 2.53. The van der Waals surface area contributed by atoms with Crippen molar-refractivity contribution >= 4 is 32.8 Å². The molecule has 0 fully saturated rings. The van der Waals surface area contributed by atoms with Crippen molar-refractivity contribution in [1.82, 2.24) is 0 Å². The maximum Gasteiger partial charge on any atom is 0.253 e. The highest BCUT2D eigenvalue weighted by Gasteiger charge is 2.08. The summed E-state index contributed by atoms with van der Waals surface area (Å²) < 4.78 is 0.333. The summed E-state index contributed by atoms with van der Waals surface area (Å²) in [4.78, 5) is 10.6. The molecule has 58 valence electrons. The quantitative estimate of drug-likeness (QED) is 0.760. The predicted molar refractivity (Wildman–Crippen MR) is 46.0 cm³/mol. The SMILES string of the molecule is O=C(Cl)c1cccc(O)c1Br. The van der Waals surface area contributed by atoms with E-state index in [2.05, 4.69) is 15.9 Å². The minimum absolute atomic E-state index is 0.0106. The molecular weight excluding hydrogens is 231 g/mol. The van der Waals surface area contributed by atoms with Crippen LogP contribution in [-0.2, 0) is 0 Å². The Morgan fingerprint density at radius 1 is 1.55 bits per heavy atom. The van der Waals surface area contributed by atoms with E-state index >= 15 is 0 Å². The summed E-state index contributed by atoms with van der Waals surface area (Å²) in [5.41, 5.74) is 0.270. The normalized spacial score (nSPS) is 9.64. The van der Waals surface area contributed by atoms with Crippen molar-refractivity contribution in [3.8, 4) is 5.75 Å². The van der Waals surface area contributed by atoms with Gasteiger partial charge in [0.05, 0.1) is 10.0 Å². The zero-order valence-corrected chi connectivity index (χ0v) is 7.69. The summed E-state index contributed by atoms with van der Waals surface area (Å²) in [6.07, 6.45) is 0. The number of phenols is 1. The van der Waals surface area contributed by atoms with Gasteiger partial charge in [0.25, 0.3) is 5.24 Å². The molecule has 1 N–H and O–H groups in total. The molecule has 2 nitrogen and oxygen atoms in total. The van der Waals surface area contributed by atoms with E-state index in [0.29, 0.717) is 4.47 Å². The lowest BCUT2D eigenvalue weighted by molar-refractivity contribution is 0.108. The van der Waals surface area contributed by atoms with Gasteiger partial charge in [-0.2, -0.15) is 0 Å². The van der Waals surface area contributed by atoms with Gasteiger partial charge in [-0.15, -0.1) is 0 Å². The van der Waals surface area contributed by atoms with Crippen LogP contribution in [0, 0.1) is 0 Å². The molecule has 0 aliphatic carbocycles. The van der Waals surface area contributed by atoms with E-state index in [4.69, 9.17) is 16.7 Å². The van der Waals surface area contributed by atoms with Crippen LogP contribution in [0.4, 0.5) is 0 Å². The van der Waals surface area contributed by atoms with Crippen molar-refractivity contribution in [3.05, 3.63) is 28.2 Å². The van der Waals surface area contributed by atoms with Crippen LogP contribution < -0.4 is 0 Å². The van der Waals surface area contributed by atoms with Gasteiger partial charge in [-0.25, -0.2) is 0 Å². The van der Waals surface area contributed by atoms with Crippen molar-refractivity contribution in [2.75, 3.05) is 0 Å². The maximum atomic E-state index is 10.6. The average molecular weight is 235 g/mol. The van der Waals surface area contributed by atoms with Gasteiger partial charge in [0.15, 0.2) is 0 Å². The van der Waals surface area contributed by atoms with Crippen LogP contribution in [0.15, 0.2) is 22.7 Å². The van der Waals surface area contributed by atoms with Crippen molar-refractivity contribution in [1.29, 1.82) is 0 Å². The van der Waals surface area contributed by atoms with Crippen molar-refractivity contribution in [2.45, 2.75) is 0 Å². The van der Waals surface area contributed by atoms with Crippen LogP contribution in [0.1, 0.15) is 10.4 Å². The Balaban J connectivity index is 3.27. The number of halogens is 2. The Hall–Kier alpha value is -0.540. The third-order valence-corrected chi connectivity index (χ3v) is 2.23. The molecule has 0 aliphatic heterocycles. The van der Waals surface area contributed by atoms with Crippen molar-refractivity contribution < 1.29 is 9.90 Å².